The zero-order valence-electron chi connectivity index (χ0n) is 10.5. The van der Waals surface area contributed by atoms with Crippen molar-refractivity contribution in [1.29, 1.82) is 0 Å². The number of fused-ring (bicyclic) bond motifs is 2. The molecule has 0 fully saturated rings. The smallest absolute Gasteiger partial charge is 0.124 e. The molecule has 0 radical (unpaired) electrons. The first-order valence-electron chi connectivity index (χ1n) is 6.63. The van der Waals surface area contributed by atoms with E-state index in [2.05, 4.69) is 41.7 Å². The van der Waals surface area contributed by atoms with Gasteiger partial charge in [-0.2, -0.15) is 0 Å². The number of aromatic nitrogens is 1. The minimum Gasteiger partial charge on any atom is -0.385 e. The van der Waals surface area contributed by atoms with E-state index in [1.54, 1.807) is 11.3 Å². The van der Waals surface area contributed by atoms with Crippen molar-refractivity contribution >= 4 is 27.2 Å². The summed E-state index contributed by atoms with van der Waals surface area (Å²) in [4.78, 5) is 4.78. The van der Waals surface area contributed by atoms with Gasteiger partial charge in [0.2, 0.25) is 0 Å². The van der Waals surface area contributed by atoms with E-state index in [1.165, 1.54) is 27.9 Å². The fourth-order valence-electron chi connectivity index (χ4n) is 2.70. The van der Waals surface area contributed by atoms with Gasteiger partial charge in [0.25, 0.3) is 0 Å². The van der Waals surface area contributed by atoms with Gasteiger partial charge in [0, 0.05) is 17.8 Å². The van der Waals surface area contributed by atoms with Crippen molar-refractivity contribution in [3.63, 3.8) is 0 Å². The molecule has 19 heavy (non-hydrogen) atoms. The maximum absolute atomic E-state index is 4.78. The molecule has 0 amide bonds. The monoisotopic (exact) mass is 266 g/mol. The Morgan fingerprint density at radius 1 is 1.05 bits per heavy atom. The van der Waals surface area contributed by atoms with Gasteiger partial charge in [0.1, 0.15) is 5.01 Å². The van der Waals surface area contributed by atoms with Gasteiger partial charge in [0.05, 0.1) is 10.2 Å². The summed E-state index contributed by atoms with van der Waals surface area (Å²) in [6.45, 7) is 1.08. The minimum absolute atomic E-state index is 1.08. The minimum atomic E-state index is 1.08. The summed E-state index contributed by atoms with van der Waals surface area (Å²) in [6.07, 6.45) is 2.35. The van der Waals surface area contributed by atoms with Crippen LogP contribution in [0.4, 0.5) is 5.69 Å². The SMILES string of the molecule is c1cc2c(c(-c3nc4ccccc4s3)c1)CCCN2. The topological polar surface area (TPSA) is 24.9 Å². The molecule has 1 N–H and O–H groups in total. The van der Waals surface area contributed by atoms with E-state index in [-0.39, 0.29) is 0 Å². The number of rotatable bonds is 1. The molecule has 1 aliphatic heterocycles. The van der Waals surface area contributed by atoms with Crippen molar-refractivity contribution in [2.45, 2.75) is 12.8 Å². The van der Waals surface area contributed by atoms with Crippen molar-refractivity contribution in [1.82, 2.24) is 4.98 Å². The van der Waals surface area contributed by atoms with Crippen LogP contribution in [0.3, 0.4) is 0 Å². The molecular weight excluding hydrogens is 252 g/mol. The molecule has 1 aliphatic rings. The zero-order valence-corrected chi connectivity index (χ0v) is 11.3. The lowest BCUT2D eigenvalue weighted by atomic mass is 9.98. The molecule has 0 atom stereocenters. The van der Waals surface area contributed by atoms with Gasteiger partial charge in [-0.3, -0.25) is 0 Å². The number of nitrogens with one attached hydrogen (secondary N) is 1. The first-order chi connectivity index (χ1) is 9.42. The Labute approximate surface area is 116 Å². The van der Waals surface area contributed by atoms with E-state index in [0.717, 1.165) is 23.5 Å². The van der Waals surface area contributed by atoms with Crippen LogP contribution in [0.5, 0.6) is 0 Å². The van der Waals surface area contributed by atoms with E-state index in [9.17, 15) is 0 Å². The third kappa shape index (κ3) is 1.81. The van der Waals surface area contributed by atoms with Crippen molar-refractivity contribution < 1.29 is 0 Å². The Kier molecular flexibility index (Phi) is 2.52. The number of para-hydroxylation sites is 1. The van der Waals surface area contributed by atoms with Crippen LogP contribution in [0.15, 0.2) is 42.5 Å². The van der Waals surface area contributed by atoms with E-state index < -0.39 is 0 Å². The molecule has 3 aromatic rings. The number of thiazole rings is 1. The van der Waals surface area contributed by atoms with E-state index in [0.29, 0.717) is 0 Å². The zero-order chi connectivity index (χ0) is 12.7. The molecule has 2 aromatic carbocycles. The van der Waals surface area contributed by atoms with Crippen LogP contribution in [0.2, 0.25) is 0 Å². The van der Waals surface area contributed by atoms with Gasteiger partial charge in [0.15, 0.2) is 0 Å². The second kappa shape index (κ2) is 4.35. The van der Waals surface area contributed by atoms with Gasteiger partial charge < -0.3 is 5.32 Å². The fourth-order valence-corrected chi connectivity index (χ4v) is 3.72. The molecule has 3 heteroatoms. The number of anilines is 1. The second-order valence-electron chi connectivity index (χ2n) is 4.85. The summed E-state index contributed by atoms with van der Waals surface area (Å²) < 4.78 is 1.26. The molecule has 94 valence electrons. The average Bonchev–Trinajstić information content (AvgIpc) is 2.90. The van der Waals surface area contributed by atoms with E-state index >= 15 is 0 Å². The number of hydrogen-bond donors (Lipinski definition) is 1. The van der Waals surface area contributed by atoms with Gasteiger partial charge in [-0.25, -0.2) is 4.98 Å². The van der Waals surface area contributed by atoms with Crippen LogP contribution in [0.25, 0.3) is 20.8 Å². The molecule has 0 saturated carbocycles. The van der Waals surface area contributed by atoms with Crippen LogP contribution < -0.4 is 5.32 Å². The molecule has 0 saturated heterocycles. The van der Waals surface area contributed by atoms with Gasteiger partial charge in [-0.05, 0) is 36.6 Å². The van der Waals surface area contributed by atoms with E-state index in [4.69, 9.17) is 4.98 Å². The van der Waals surface area contributed by atoms with Crippen LogP contribution >= 0.6 is 11.3 Å². The number of benzene rings is 2. The molecule has 0 unspecified atom stereocenters. The number of nitrogens with zero attached hydrogens (tertiary/aromatic N) is 1. The molecule has 1 aromatic heterocycles. The maximum atomic E-state index is 4.78. The quantitative estimate of drug-likeness (QED) is 0.709. The molecule has 0 spiro atoms. The molecule has 2 heterocycles. The lowest BCUT2D eigenvalue weighted by Gasteiger charge is -2.20. The van der Waals surface area contributed by atoms with E-state index in [1.807, 2.05) is 6.07 Å². The predicted molar refractivity (Wildman–Crippen MR) is 81.9 cm³/mol. The Morgan fingerprint density at radius 3 is 2.95 bits per heavy atom. The van der Waals surface area contributed by atoms with Crippen LogP contribution in [-0.2, 0) is 6.42 Å². The molecule has 2 nitrogen and oxygen atoms in total. The first kappa shape index (κ1) is 11.0. The molecular formula is C16H14N2S. The standard InChI is InChI=1S/C16H14N2S/c1-2-9-15-14(7-1)18-16(19-15)12-5-3-8-13-11(12)6-4-10-17-13/h1-3,5,7-9,17H,4,6,10H2. The highest BCUT2D eigenvalue weighted by Crippen LogP contribution is 2.36. The molecule has 4 rings (SSSR count). The Bertz CT molecular complexity index is 712. The summed E-state index contributed by atoms with van der Waals surface area (Å²) in [5.74, 6) is 0. The van der Waals surface area contributed by atoms with Crippen molar-refractivity contribution in [3.05, 3.63) is 48.0 Å². The highest BCUT2D eigenvalue weighted by atomic mass is 32.1. The highest BCUT2D eigenvalue weighted by Gasteiger charge is 2.15. The summed E-state index contributed by atoms with van der Waals surface area (Å²) in [5.41, 5.74) is 5.10. The molecule has 0 aliphatic carbocycles. The van der Waals surface area contributed by atoms with Crippen molar-refractivity contribution in [2.75, 3.05) is 11.9 Å². The third-order valence-electron chi connectivity index (χ3n) is 3.62. The third-order valence-corrected chi connectivity index (χ3v) is 4.69. The summed E-state index contributed by atoms with van der Waals surface area (Å²) in [6, 6.07) is 14.8. The second-order valence-corrected chi connectivity index (χ2v) is 5.88. The fraction of sp³-hybridized carbons (Fsp3) is 0.188. The summed E-state index contributed by atoms with van der Waals surface area (Å²) in [5, 5.41) is 4.62. The van der Waals surface area contributed by atoms with Gasteiger partial charge >= 0.3 is 0 Å². The van der Waals surface area contributed by atoms with Crippen molar-refractivity contribution in [2.24, 2.45) is 0 Å². The van der Waals surface area contributed by atoms with Gasteiger partial charge in [-0.15, -0.1) is 11.3 Å². The van der Waals surface area contributed by atoms with Crippen LogP contribution in [-0.4, -0.2) is 11.5 Å². The summed E-state index contributed by atoms with van der Waals surface area (Å²) >= 11 is 1.78. The van der Waals surface area contributed by atoms with Crippen LogP contribution in [0, 0.1) is 0 Å². The van der Waals surface area contributed by atoms with Crippen LogP contribution in [0.1, 0.15) is 12.0 Å². The lowest BCUT2D eigenvalue weighted by Crippen LogP contribution is -2.12. The lowest BCUT2D eigenvalue weighted by molar-refractivity contribution is 0.832. The van der Waals surface area contributed by atoms with Crippen molar-refractivity contribution in [3.8, 4) is 10.6 Å². The average molecular weight is 266 g/mol. The predicted octanol–water partition coefficient (Wildman–Crippen LogP) is 4.32. The maximum Gasteiger partial charge on any atom is 0.124 e. The molecule has 0 bridgehead atoms. The number of hydrogen-bond acceptors (Lipinski definition) is 3. The largest absolute Gasteiger partial charge is 0.385 e. The Morgan fingerprint density at radius 2 is 2.00 bits per heavy atom. The Balaban J connectivity index is 1.92. The van der Waals surface area contributed by atoms with Gasteiger partial charge in [-0.1, -0.05) is 24.3 Å². The summed E-state index contributed by atoms with van der Waals surface area (Å²) in [7, 11) is 0. The normalized spacial score (nSPS) is 14.1. The first-order valence-corrected chi connectivity index (χ1v) is 7.45. The Hall–Kier alpha value is -1.87. The highest BCUT2D eigenvalue weighted by molar-refractivity contribution is 7.21.